The standard InChI is InChI=1S/C29H44O4Si/c1-5-8-20-29(21-9-6-2,22-10-7-3)26(28(32)33-34)19-18-25(27(30)31)23(4)16-17-24-14-12-11-13-15-24/h11-19,23H,5-10,20-22H2,1-4,34H3,(H,30,31). The van der Waals surface area contributed by atoms with E-state index >= 15 is 0 Å². The van der Waals surface area contributed by atoms with Crippen molar-refractivity contribution in [3.05, 3.63) is 65.3 Å². The molecule has 0 saturated heterocycles. The van der Waals surface area contributed by atoms with Crippen LogP contribution in [0.15, 0.2) is 59.7 Å². The molecule has 0 fully saturated rings. The number of carbonyl (C=O) groups excluding carboxylic acids is 1. The molecule has 5 heteroatoms. The lowest BCUT2D eigenvalue weighted by Gasteiger charge is -2.36. The maximum Gasteiger partial charge on any atom is 0.332 e. The number of aliphatic carboxylic acids is 1. The summed E-state index contributed by atoms with van der Waals surface area (Å²) in [5.74, 6) is -1.57. The highest BCUT2D eigenvalue weighted by Gasteiger charge is 2.36. The first-order valence-corrected chi connectivity index (χ1v) is 13.6. The van der Waals surface area contributed by atoms with E-state index in [1.807, 2.05) is 49.4 Å². The van der Waals surface area contributed by atoms with Crippen molar-refractivity contribution >= 4 is 28.5 Å². The summed E-state index contributed by atoms with van der Waals surface area (Å²) >= 11 is 0. The van der Waals surface area contributed by atoms with Crippen molar-refractivity contribution in [2.24, 2.45) is 11.3 Å². The average molecular weight is 485 g/mol. The fourth-order valence-electron chi connectivity index (χ4n) is 4.41. The van der Waals surface area contributed by atoms with Gasteiger partial charge in [0.1, 0.15) is 0 Å². The van der Waals surface area contributed by atoms with Crippen molar-refractivity contribution in [1.29, 1.82) is 0 Å². The number of carboxylic acids is 1. The fraction of sp³-hybridized carbons (Fsp3) is 0.517. The molecule has 1 aromatic carbocycles. The van der Waals surface area contributed by atoms with Crippen molar-refractivity contribution in [1.82, 2.24) is 0 Å². The minimum Gasteiger partial charge on any atom is -0.525 e. The van der Waals surface area contributed by atoms with Crippen molar-refractivity contribution in [2.45, 2.75) is 85.5 Å². The van der Waals surface area contributed by atoms with E-state index in [1.54, 1.807) is 12.2 Å². The highest BCUT2D eigenvalue weighted by atomic mass is 28.2. The number of benzene rings is 1. The molecule has 0 aromatic heterocycles. The molecule has 0 radical (unpaired) electrons. The molecule has 1 unspecified atom stereocenters. The zero-order valence-electron chi connectivity index (χ0n) is 21.8. The minimum atomic E-state index is -0.971. The monoisotopic (exact) mass is 484 g/mol. The maximum atomic E-state index is 13.1. The Labute approximate surface area is 209 Å². The Balaban J connectivity index is 3.48. The molecule has 188 valence electrons. The topological polar surface area (TPSA) is 63.6 Å². The smallest absolute Gasteiger partial charge is 0.332 e. The lowest BCUT2D eigenvalue weighted by molar-refractivity contribution is -0.133. The van der Waals surface area contributed by atoms with Crippen LogP contribution < -0.4 is 0 Å². The second-order valence-corrected chi connectivity index (χ2v) is 9.56. The predicted octanol–water partition coefficient (Wildman–Crippen LogP) is 6.65. The molecule has 0 aliphatic carbocycles. The van der Waals surface area contributed by atoms with Gasteiger partial charge in [0.2, 0.25) is 10.5 Å². The summed E-state index contributed by atoms with van der Waals surface area (Å²) in [7, 11) is 0.314. The Bertz CT molecular complexity index is 817. The van der Waals surface area contributed by atoms with Crippen LogP contribution in [-0.4, -0.2) is 27.5 Å². The summed E-state index contributed by atoms with van der Waals surface area (Å²) in [6, 6.07) is 9.82. The SMILES string of the molecule is CCCCC(CCCC)(CCCC)C(=CC=C(C(=O)O)C(C)C=Cc1ccccc1)C(=O)O[SiH3]. The summed E-state index contributed by atoms with van der Waals surface area (Å²) in [6.07, 6.45) is 16.3. The second kappa shape index (κ2) is 16.3. The number of carbonyl (C=O) groups is 2. The molecule has 0 aliphatic rings. The first kappa shape index (κ1) is 29.6. The van der Waals surface area contributed by atoms with Crippen LogP contribution in [0.4, 0.5) is 0 Å². The van der Waals surface area contributed by atoms with E-state index in [-0.39, 0.29) is 22.9 Å². The molecule has 0 saturated carbocycles. The molecule has 0 amide bonds. The van der Waals surface area contributed by atoms with Gasteiger partial charge < -0.3 is 9.53 Å². The van der Waals surface area contributed by atoms with Crippen molar-refractivity contribution in [3.63, 3.8) is 0 Å². The molecule has 1 rings (SSSR count). The van der Waals surface area contributed by atoms with Crippen molar-refractivity contribution in [2.75, 3.05) is 0 Å². The highest BCUT2D eigenvalue weighted by molar-refractivity contribution is 6.09. The van der Waals surface area contributed by atoms with E-state index in [0.29, 0.717) is 16.1 Å². The Morgan fingerprint density at radius 1 is 0.971 bits per heavy atom. The maximum absolute atomic E-state index is 13.1. The third-order valence-corrected chi connectivity index (χ3v) is 6.92. The number of rotatable bonds is 16. The van der Waals surface area contributed by atoms with Gasteiger partial charge in [-0.15, -0.1) is 0 Å². The van der Waals surface area contributed by atoms with E-state index in [9.17, 15) is 14.7 Å². The average Bonchev–Trinajstić information content (AvgIpc) is 2.85. The van der Waals surface area contributed by atoms with Crippen LogP contribution in [0.5, 0.6) is 0 Å². The quantitative estimate of drug-likeness (QED) is 0.162. The Morgan fingerprint density at radius 3 is 1.94 bits per heavy atom. The van der Waals surface area contributed by atoms with Crippen LogP contribution >= 0.6 is 0 Å². The van der Waals surface area contributed by atoms with Crippen LogP contribution in [-0.2, 0) is 14.0 Å². The number of unbranched alkanes of at least 4 members (excludes halogenated alkanes) is 3. The largest absolute Gasteiger partial charge is 0.525 e. The Kier molecular flexibility index (Phi) is 14.2. The Hall–Kier alpha value is -2.40. The van der Waals surface area contributed by atoms with Crippen molar-refractivity contribution < 1.29 is 19.1 Å². The minimum absolute atomic E-state index is 0.265. The van der Waals surface area contributed by atoms with Gasteiger partial charge in [0.05, 0.1) is 0 Å². The molecule has 0 aliphatic heterocycles. The van der Waals surface area contributed by atoms with Gasteiger partial charge in [-0.2, -0.15) is 0 Å². The van der Waals surface area contributed by atoms with E-state index in [4.69, 9.17) is 4.43 Å². The molecule has 0 spiro atoms. The lowest BCUT2D eigenvalue weighted by Crippen LogP contribution is -2.29. The molecular formula is C29H44O4Si. The molecular weight excluding hydrogens is 440 g/mol. The summed E-state index contributed by atoms with van der Waals surface area (Å²) in [5.41, 5.74) is 1.66. The summed E-state index contributed by atoms with van der Waals surface area (Å²) in [5, 5.41) is 9.94. The first-order chi connectivity index (χ1) is 16.3. The third-order valence-electron chi connectivity index (χ3n) is 6.55. The second-order valence-electron chi connectivity index (χ2n) is 9.15. The van der Waals surface area contributed by atoms with E-state index < -0.39 is 5.97 Å². The summed E-state index contributed by atoms with van der Waals surface area (Å²) in [4.78, 5) is 25.2. The fourth-order valence-corrected chi connectivity index (χ4v) is 4.63. The van der Waals surface area contributed by atoms with Gasteiger partial charge in [-0.25, -0.2) is 9.59 Å². The van der Waals surface area contributed by atoms with Gasteiger partial charge in [-0.1, -0.05) is 121 Å². The normalized spacial score (nSPS) is 13.9. The molecule has 4 nitrogen and oxygen atoms in total. The van der Waals surface area contributed by atoms with E-state index in [2.05, 4.69) is 20.8 Å². The number of hydrogen-bond donors (Lipinski definition) is 1. The number of hydrogen-bond acceptors (Lipinski definition) is 3. The van der Waals surface area contributed by atoms with Crippen LogP contribution in [0.2, 0.25) is 0 Å². The van der Waals surface area contributed by atoms with Gasteiger partial charge in [-0.05, 0) is 24.8 Å². The molecule has 0 heterocycles. The Morgan fingerprint density at radius 2 is 1.50 bits per heavy atom. The van der Waals surface area contributed by atoms with E-state index in [1.165, 1.54) is 0 Å². The van der Waals surface area contributed by atoms with Gasteiger partial charge in [-0.3, -0.25) is 0 Å². The van der Waals surface area contributed by atoms with E-state index in [0.717, 1.165) is 63.4 Å². The van der Waals surface area contributed by atoms with Gasteiger partial charge in [0, 0.05) is 22.5 Å². The van der Waals surface area contributed by atoms with Crippen LogP contribution in [0, 0.1) is 11.3 Å². The first-order valence-electron chi connectivity index (χ1n) is 12.8. The zero-order chi connectivity index (χ0) is 25.4. The molecule has 1 atom stereocenters. The predicted molar refractivity (Wildman–Crippen MR) is 145 cm³/mol. The molecule has 1 N–H and O–H groups in total. The molecule has 34 heavy (non-hydrogen) atoms. The zero-order valence-corrected chi connectivity index (χ0v) is 23.8. The van der Waals surface area contributed by atoms with Gasteiger partial charge in [0.25, 0.3) is 0 Å². The van der Waals surface area contributed by atoms with Crippen molar-refractivity contribution in [3.8, 4) is 0 Å². The van der Waals surface area contributed by atoms with Gasteiger partial charge >= 0.3 is 11.9 Å². The number of carboxylic acid groups (broad SMARTS) is 1. The summed E-state index contributed by atoms with van der Waals surface area (Å²) in [6.45, 7) is 8.38. The van der Waals surface area contributed by atoms with Gasteiger partial charge in [0.15, 0.2) is 0 Å². The molecule has 1 aromatic rings. The summed E-state index contributed by atoms with van der Waals surface area (Å²) < 4.78 is 5.36. The lowest BCUT2D eigenvalue weighted by atomic mass is 9.68. The number of allylic oxidation sites excluding steroid dienone is 3. The van der Waals surface area contributed by atoms with Crippen LogP contribution in [0.25, 0.3) is 6.08 Å². The highest BCUT2D eigenvalue weighted by Crippen LogP contribution is 2.44. The van der Waals surface area contributed by atoms with Crippen LogP contribution in [0.3, 0.4) is 0 Å². The third kappa shape index (κ3) is 9.45. The van der Waals surface area contributed by atoms with Crippen LogP contribution in [0.1, 0.15) is 91.0 Å². The molecule has 0 bridgehead atoms.